The van der Waals surface area contributed by atoms with Gasteiger partial charge in [-0.25, -0.2) is 9.67 Å². The minimum atomic E-state index is -0.792. The Bertz CT molecular complexity index is 1430. The quantitative estimate of drug-likeness (QED) is 0.427. The van der Waals surface area contributed by atoms with Crippen molar-refractivity contribution in [2.24, 2.45) is 5.73 Å². The topological polar surface area (TPSA) is 138 Å². The zero-order valence-electron chi connectivity index (χ0n) is 17.7. The molecule has 0 aliphatic heterocycles. The summed E-state index contributed by atoms with van der Waals surface area (Å²) in [6, 6.07) is 11.8. The number of ether oxygens (including phenoxy) is 2. The smallest absolute Gasteiger partial charge is 0.275 e. The number of benzene rings is 2. The lowest BCUT2D eigenvalue weighted by Gasteiger charge is -2.09. The summed E-state index contributed by atoms with van der Waals surface area (Å²) >= 11 is 1.22. The first-order chi connectivity index (χ1) is 15.9. The van der Waals surface area contributed by atoms with Crippen LogP contribution in [0.2, 0.25) is 0 Å². The Kier molecular flexibility index (Phi) is 6.05. The van der Waals surface area contributed by atoms with Crippen LogP contribution in [0.25, 0.3) is 22.0 Å². The molecular weight excluding hydrogens is 446 g/mol. The van der Waals surface area contributed by atoms with E-state index in [-0.39, 0.29) is 11.1 Å². The monoisotopic (exact) mass is 465 g/mol. The lowest BCUT2D eigenvalue weighted by Crippen LogP contribution is -2.32. The third-order valence-corrected chi connectivity index (χ3v) is 5.58. The van der Waals surface area contributed by atoms with Crippen LogP contribution in [0.1, 0.15) is 10.5 Å². The van der Waals surface area contributed by atoms with Crippen LogP contribution in [0.5, 0.6) is 11.5 Å². The van der Waals surface area contributed by atoms with E-state index in [1.54, 1.807) is 56.0 Å². The fourth-order valence-corrected chi connectivity index (χ4v) is 4.01. The minimum Gasteiger partial charge on any atom is -0.493 e. The molecule has 2 aromatic heterocycles. The zero-order valence-corrected chi connectivity index (χ0v) is 18.5. The van der Waals surface area contributed by atoms with E-state index >= 15 is 0 Å². The molecule has 0 atom stereocenters. The van der Waals surface area contributed by atoms with Crippen LogP contribution in [0.3, 0.4) is 0 Å². The van der Waals surface area contributed by atoms with E-state index in [0.29, 0.717) is 27.7 Å². The van der Waals surface area contributed by atoms with Crippen molar-refractivity contribution in [1.82, 2.24) is 14.8 Å². The van der Waals surface area contributed by atoms with Gasteiger partial charge in [-0.3, -0.25) is 14.4 Å². The van der Waals surface area contributed by atoms with Crippen LogP contribution in [0, 0.1) is 0 Å². The number of anilines is 1. The molecule has 0 fully saturated rings. The Hall–Kier alpha value is -4.25. The number of aromatic nitrogens is 3. The molecular formula is C22H19N5O5S. The summed E-state index contributed by atoms with van der Waals surface area (Å²) in [6.07, 6.45) is 0. The number of rotatable bonds is 7. The maximum atomic E-state index is 12.7. The predicted molar refractivity (Wildman–Crippen MR) is 124 cm³/mol. The van der Waals surface area contributed by atoms with Crippen molar-refractivity contribution in [2.45, 2.75) is 6.54 Å². The minimum absolute atomic E-state index is 0.0806. The number of nitrogens with zero attached hydrogens (tertiary/aromatic N) is 3. The summed E-state index contributed by atoms with van der Waals surface area (Å²) in [5.41, 5.74) is 6.24. The normalized spacial score (nSPS) is 10.7. The van der Waals surface area contributed by atoms with E-state index in [4.69, 9.17) is 15.2 Å². The molecule has 168 valence electrons. The first-order valence-electron chi connectivity index (χ1n) is 9.68. The molecule has 0 unspecified atom stereocenters. The highest BCUT2D eigenvalue weighted by atomic mass is 32.1. The molecule has 2 amide bonds. The number of carbonyl (C=O) groups excluding carboxylic acids is 2. The predicted octanol–water partition coefficient (Wildman–Crippen LogP) is 2.27. The van der Waals surface area contributed by atoms with Crippen molar-refractivity contribution in [1.29, 1.82) is 0 Å². The molecule has 2 heterocycles. The van der Waals surface area contributed by atoms with Gasteiger partial charge in [0.25, 0.3) is 11.5 Å². The van der Waals surface area contributed by atoms with Crippen molar-refractivity contribution < 1.29 is 19.1 Å². The SMILES string of the molecule is COc1ccc(-c2csc(NC(=O)Cn3nc(C(N)=O)c4ccccc4c3=O)n2)cc1OC. The lowest BCUT2D eigenvalue weighted by atomic mass is 10.1. The van der Waals surface area contributed by atoms with Crippen molar-refractivity contribution >= 4 is 39.1 Å². The molecule has 0 bridgehead atoms. The number of hydrogen-bond donors (Lipinski definition) is 2. The molecule has 11 heteroatoms. The van der Waals surface area contributed by atoms with Gasteiger partial charge in [-0.15, -0.1) is 11.3 Å². The third-order valence-electron chi connectivity index (χ3n) is 4.82. The van der Waals surface area contributed by atoms with Crippen molar-refractivity contribution in [3.05, 3.63) is 63.9 Å². The van der Waals surface area contributed by atoms with Crippen LogP contribution >= 0.6 is 11.3 Å². The van der Waals surface area contributed by atoms with Gasteiger partial charge in [-0.05, 0) is 24.3 Å². The number of primary amides is 1. The molecule has 0 saturated heterocycles. The van der Waals surface area contributed by atoms with Gasteiger partial charge in [0.2, 0.25) is 5.91 Å². The van der Waals surface area contributed by atoms with Gasteiger partial charge in [0.15, 0.2) is 22.3 Å². The molecule has 33 heavy (non-hydrogen) atoms. The fraction of sp³-hybridized carbons (Fsp3) is 0.136. The number of hydrogen-bond acceptors (Lipinski definition) is 8. The van der Waals surface area contributed by atoms with Crippen molar-refractivity contribution in [2.75, 3.05) is 19.5 Å². The second-order valence-corrected chi connectivity index (χ2v) is 7.74. The molecule has 0 aliphatic rings. The summed E-state index contributed by atoms with van der Waals surface area (Å²) in [5, 5.41) is 9.36. The average molecular weight is 465 g/mol. The average Bonchev–Trinajstić information content (AvgIpc) is 3.28. The highest BCUT2D eigenvalue weighted by molar-refractivity contribution is 7.14. The number of nitrogens with two attached hydrogens (primary N) is 1. The van der Waals surface area contributed by atoms with Gasteiger partial charge in [0, 0.05) is 16.3 Å². The Morgan fingerprint density at radius 1 is 1.09 bits per heavy atom. The Morgan fingerprint density at radius 2 is 1.82 bits per heavy atom. The molecule has 0 spiro atoms. The molecule has 0 saturated carbocycles. The van der Waals surface area contributed by atoms with Crippen LogP contribution in [0.4, 0.5) is 5.13 Å². The Morgan fingerprint density at radius 3 is 2.52 bits per heavy atom. The fourth-order valence-electron chi connectivity index (χ4n) is 3.28. The maximum absolute atomic E-state index is 12.7. The molecule has 2 aromatic carbocycles. The van der Waals surface area contributed by atoms with E-state index in [1.807, 2.05) is 6.07 Å². The first-order valence-corrected chi connectivity index (χ1v) is 10.6. The third kappa shape index (κ3) is 4.39. The number of thiazole rings is 1. The molecule has 3 N–H and O–H groups in total. The maximum Gasteiger partial charge on any atom is 0.275 e. The van der Waals surface area contributed by atoms with Crippen LogP contribution < -0.4 is 26.1 Å². The van der Waals surface area contributed by atoms with Crippen molar-refractivity contribution in [3.63, 3.8) is 0 Å². The second kappa shape index (κ2) is 9.09. The largest absolute Gasteiger partial charge is 0.493 e. The highest BCUT2D eigenvalue weighted by Crippen LogP contribution is 2.33. The molecule has 10 nitrogen and oxygen atoms in total. The Balaban J connectivity index is 1.56. The van der Waals surface area contributed by atoms with Gasteiger partial charge in [0.05, 0.1) is 25.3 Å². The van der Waals surface area contributed by atoms with E-state index < -0.39 is 23.9 Å². The molecule has 0 aliphatic carbocycles. The number of fused-ring (bicyclic) bond motifs is 1. The number of carbonyl (C=O) groups is 2. The van der Waals surface area contributed by atoms with Gasteiger partial charge in [-0.2, -0.15) is 5.10 Å². The summed E-state index contributed by atoms with van der Waals surface area (Å²) in [4.78, 5) is 41.5. The lowest BCUT2D eigenvalue weighted by molar-refractivity contribution is -0.117. The molecule has 4 aromatic rings. The Labute approximate surface area is 191 Å². The van der Waals surface area contributed by atoms with Crippen molar-refractivity contribution in [3.8, 4) is 22.8 Å². The standard InChI is InChI=1S/C22H19N5O5S/c1-31-16-8-7-12(9-17(16)32-2)15-11-33-22(24-15)25-18(28)10-27-21(30)14-6-4-3-5-13(14)19(26-27)20(23)29/h3-9,11H,10H2,1-2H3,(H2,23,29)(H,24,25,28). The summed E-state index contributed by atoms with van der Waals surface area (Å²) in [5.74, 6) is -0.169. The van der Waals surface area contributed by atoms with Crippen LogP contribution in [-0.4, -0.2) is 40.8 Å². The summed E-state index contributed by atoms with van der Waals surface area (Å²) < 4.78 is 11.5. The van der Waals surface area contributed by atoms with Gasteiger partial charge in [0.1, 0.15) is 6.54 Å². The number of nitrogens with one attached hydrogen (secondary N) is 1. The molecule has 0 radical (unpaired) electrons. The number of amides is 2. The van der Waals surface area contributed by atoms with Gasteiger partial charge < -0.3 is 20.5 Å². The van der Waals surface area contributed by atoms with Crippen LogP contribution in [0.15, 0.2) is 52.6 Å². The second-order valence-electron chi connectivity index (χ2n) is 6.88. The van der Waals surface area contributed by atoms with E-state index in [9.17, 15) is 14.4 Å². The highest BCUT2D eigenvalue weighted by Gasteiger charge is 2.17. The van der Waals surface area contributed by atoms with E-state index in [2.05, 4.69) is 15.4 Å². The van der Waals surface area contributed by atoms with Gasteiger partial charge in [-0.1, -0.05) is 18.2 Å². The van der Waals surface area contributed by atoms with Crippen LogP contribution in [-0.2, 0) is 11.3 Å². The zero-order chi connectivity index (χ0) is 23.5. The summed E-state index contributed by atoms with van der Waals surface area (Å²) in [7, 11) is 3.09. The first kappa shape index (κ1) is 22.0. The number of methoxy groups -OCH3 is 2. The van der Waals surface area contributed by atoms with E-state index in [0.717, 1.165) is 10.2 Å². The van der Waals surface area contributed by atoms with E-state index in [1.165, 1.54) is 11.3 Å². The molecule has 4 rings (SSSR count). The summed E-state index contributed by atoms with van der Waals surface area (Å²) in [6.45, 7) is -0.408. The van der Waals surface area contributed by atoms with Gasteiger partial charge >= 0.3 is 0 Å².